The summed E-state index contributed by atoms with van der Waals surface area (Å²) in [6.45, 7) is 4.71. The number of nitrogens with zero attached hydrogens (tertiary/aromatic N) is 2. The van der Waals surface area contributed by atoms with Crippen LogP contribution in [0.25, 0.3) is 0 Å². The van der Waals surface area contributed by atoms with Crippen LogP contribution in [-0.2, 0) is 16.1 Å². The minimum atomic E-state index is 0.0601. The van der Waals surface area contributed by atoms with Gasteiger partial charge in [0.25, 0.3) is 0 Å². The number of carbonyl (C=O) groups is 1. The van der Waals surface area contributed by atoms with Crippen molar-refractivity contribution < 1.29 is 9.53 Å². The van der Waals surface area contributed by atoms with Gasteiger partial charge >= 0.3 is 0 Å². The molecular formula is C18H27N3O2. The zero-order chi connectivity index (χ0) is 16.4. The molecule has 2 N–H and O–H groups in total. The first-order valence-electron chi connectivity index (χ1n) is 8.43. The zero-order valence-electron chi connectivity index (χ0n) is 14.0. The second kappa shape index (κ2) is 6.99. The number of hydrogen-bond acceptors (Lipinski definition) is 4. The van der Waals surface area contributed by atoms with E-state index in [0.29, 0.717) is 18.0 Å². The van der Waals surface area contributed by atoms with Gasteiger partial charge in [-0.25, -0.2) is 0 Å². The fraction of sp³-hybridized carbons (Fsp3) is 0.611. The van der Waals surface area contributed by atoms with Crippen LogP contribution in [0.15, 0.2) is 30.3 Å². The zero-order valence-corrected chi connectivity index (χ0v) is 14.0. The second-order valence-corrected chi connectivity index (χ2v) is 6.74. The first-order valence-corrected chi connectivity index (χ1v) is 8.43. The van der Waals surface area contributed by atoms with Crippen LogP contribution in [-0.4, -0.2) is 60.6 Å². The summed E-state index contributed by atoms with van der Waals surface area (Å²) in [7, 11) is 1.76. The number of rotatable bonds is 5. The number of amides is 1. The molecule has 0 radical (unpaired) electrons. The lowest BCUT2D eigenvalue weighted by Crippen LogP contribution is -2.61. The van der Waals surface area contributed by atoms with Gasteiger partial charge in [0.2, 0.25) is 5.91 Å². The van der Waals surface area contributed by atoms with Gasteiger partial charge in [-0.3, -0.25) is 9.69 Å². The molecule has 0 aliphatic carbocycles. The SMILES string of the molecule is COC[C@H]1C[C@@H]2CN(C(=O)CN)C(C)[C@H]1N2Cc1ccccc1. The summed E-state index contributed by atoms with van der Waals surface area (Å²) >= 11 is 0. The van der Waals surface area contributed by atoms with Gasteiger partial charge in [0.1, 0.15) is 0 Å². The van der Waals surface area contributed by atoms with Crippen molar-refractivity contribution in [3.8, 4) is 0 Å². The van der Waals surface area contributed by atoms with Crippen LogP contribution in [0, 0.1) is 5.92 Å². The van der Waals surface area contributed by atoms with E-state index in [0.717, 1.165) is 26.1 Å². The fourth-order valence-electron chi connectivity index (χ4n) is 4.42. The molecule has 0 saturated carbocycles. The van der Waals surface area contributed by atoms with E-state index in [1.807, 2.05) is 11.0 Å². The highest BCUT2D eigenvalue weighted by Crippen LogP contribution is 2.39. The summed E-state index contributed by atoms with van der Waals surface area (Å²) in [5, 5.41) is 0. The van der Waals surface area contributed by atoms with Gasteiger partial charge in [0.15, 0.2) is 0 Å². The third-order valence-corrected chi connectivity index (χ3v) is 5.39. The van der Waals surface area contributed by atoms with Crippen LogP contribution in [0.2, 0.25) is 0 Å². The smallest absolute Gasteiger partial charge is 0.236 e. The van der Waals surface area contributed by atoms with Gasteiger partial charge in [-0.15, -0.1) is 0 Å². The molecule has 2 aliphatic rings. The summed E-state index contributed by atoms with van der Waals surface area (Å²) in [5.41, 5.74) is 6.92. The van der Waals surface area contributed by atoms with Crippen molar-refractivity contribution in [1.29, 1.82) is 0 Å². The monoisotopic (exact) mass is 317 g/mol. The Balaban J connectivity index is 1.82. The molecule has 0 spiro atoms. The lowest BCUT2D eigenvalue weighted by molar-refractivity contribution is -0.137. The molecule has 2 heterocycles. The molecule has 2 aliphatic heterocycles. The highest BCUT2D eigenvalue weighted by atomic mass is 16.5. The molecule has 5 heteroatoms. The fourth-order valence-corrected chi connectivity index (χ4v) is 4.42. The molecule has 1 amide bonds. The highest BCUT2D eigenvalue weighted by Gasteiger charge is 2.50. The minimum Gasteiger partial charge on any atom is -0.384 e. The lowest BCUT2D eigenvalue weighted by atomic mass is 9.95. The van der Waals surface area contributed by atoms with Crippen LogP contribution in [0.5, 0.6) is 0 Å². The summed E-state index contributed by atoms with van der Waals surface area (Å²) in [5.74, 6) is 0.532. The molecule has 2 fully saturated rings. The van der Waals surface area contributed by atoms with Crippen LogP contribution in [0.4, 0.5) is 0 Å². The van der Waals surface area contributed by atoms with Crippen molar-refractivity contribution in [2.75, 3.05) is 26.8 Å². The first-order chi connectivity index (χ1) is 11.2. The van der Waals surface area contributed by atoms with Crippen LogP contribution in [0.3, 0.4) is 0 Å². The minimum absolute atomic E-state index is 0.0601. The predicted molar refractivity (Wildman–Crippen MR) is 89.8 cm³/mol. The number of piperazine rings is 1. The van der Waals surface area contributed by atoms with Gasteiger partial charge in [-0.2, -0.15) is 0 Å². The maximum absolute atomic E-state index is 12.2. The molecular weight excluding hydrogens is 290 g/mol. The number of benzene rings is 1. The normalized spacial score (nSPS) is 30.7. The van der Waals surface area contributed by atoms with E-state index in [9.17, 15) is 4.79 Å². The van der Waals surface area contributed by atoms with Crippen molar-refractivity contribution in [2.24, 2.45) is 11.7 Å². The molecule has 0 aromatic heterocycles. The standard InChI is InChI=1S/C18H27N3O2/c1-13-18-15(12-23-2)8-16(11-20(13)17(22)9-19)21(18)10-14-6-4-3-5-7-14/h3-7,13,15-16,18H,8-12,19H2,1-2H3/t13?,15-,16-,18-/m1/s1. The summed E-state index contributed by atoms with van der Waals surface area (Å²) in [4.78, 5) is 16.7. The third kappa shape index (κ3) is 3.13. The van der Waals surface area contributed by atoms with Crippen molar-refractivity contribution in [1.82, 2.24) is 9.80 Å². The van der Waals surface area contributed by atoms with Crippen LogP contribution in [0.1, 0.15) is 18.9 Å². The average Bonchev–Trinajstić information content (AvgIpc) is 2.81. The molecule has 1 aromatic carbocycles. The Kier molecular flexibility index (Phi) is 4.99. The lowest BCUT2D eigenvalue weighted by Gasteiger charge is -2.46. The topological polar surface area (TPSA) is 58.8 Å². The number of hydrogen-bond donors (Lipinski definition) is 1. The molecule has 23 heavy (non-hydrogen) atoms. The third-order valence-electron chi connectivity index (χ3n) is 5.39. The Morgan fingerprint density at radius 1 is 1.35 bits per heavy atom. The number of ether oxygens (including phenoxy) is 1. The van der Waals surface area contributed by atoms with Gasteiger partial charge in [-0.05, 0) is 18.9 Å². The largest absolute Gasteiger partial charge is 0.384 e. The van der Waals surface area contributed by atoms with Crippen molar-refractivity contribution in [3.05, 3.63) is 35.9 Å². The van der Waals surface area contributed by atoms with E-state index in [4.69, 9.17) is 10.5 Å². The quantitative estimate of drug-likeness (QED) is 0.883. The van der Waals surface area contributed by atoms with E-state index >= 15 is 0 Å². The van der Waals surface area contributed by atoms with Crippen molar-refractivity contribution in [2.45, 2.75) is 38.0 Å². The summed E-state index contributed by atoms with van der Waals surface area (Å²) in [6, 6.07) is 11.5. The number of likely N-dealkylation sites (tertiary alicyclic amines) is 1. The number of methoxy groups -OCH3 is 1. The Morgan fingerprint density at radius 2 is 2.09 bits per heavy atom. The molecule has 1 aromatic rings. The number of carbonyl (C=O) groups excluding carboxylic acids is 1. The molecule has 2 bridgehead atoms. The maximum atomic E-state index is 12.2. The van der Waals surface area contributed by atoms with Crippen LogP contribution < -0.4 is 5.73 Å². The maximum Gasteiger partial charge on any atom is 0.236 e. The Morgan fingerprint density at radius 3 is 2.74 bits per heavy atom. The second-order valence-electron chi connectivity index (χ2n) is 6.74. The summed E-state index contributed by atoms with van der Waals surface area (Å²) in [6.07, 6.45) is 1.09. The first kappa shape index (κ1) is 16.4. The Hall–Kier alpha value is -1.43. The molecule has 2 saturated heterocycles. The summed E-state index contributed by atoms with van der Waals surface area (Å²) < 4.78 is 5.45. The van der Waals surface area contributed by atoms with E-state index in [2.05, 4.69) is 36.1 Å². The van der Waals surface area contributed by atoms with Crippen molar-refractivity contribution >= 4 is 5.91 Å². The van der Waals surface area contributed by atoms with Gasteiger partial charge < -0.3 is 15.4 Å². The molecule has 126 valence electrons. The highest BCUT2D eigenvalue weighted by molar-refractivity contribution is 5.78. The van der Waals surface area contributed by atoms with Crippen LogP contribution >= 0.6 is 0 Å². The average molecular weight is 317 g/mol. The number of nitrogens with two attached hydrogens (primary N) is 1. The van der Waals surface area contributed by atoms with Gasteiger partial charge in [0, 0.05) is 44.2 Å². The van der Waals surface area contributed by atoms with E-state index in [1.54, 1.807) is 7.11 Å². The van der Waals surface area contributed by atoms with Crippen molar-refractivity contribution in [3.63, 3.8) is 0 Å². The van der Waals surface area contributed by atoms with E-state index < -0.39 is 0 Å². The predicted octanol–water partition coefficient (Wildman–Crippen LogP) is 1.08. The molecule has 4 atom stereocenters. The molecule has 3 rings (SSSR count). The van der Waals surface area contributed by atoms with Gasteiger partial charge in [-0.1, -0.05) is 30.3 Å². The number of fused-ring (bicyclic) bond motifs is 2. The van der Waals surface area contributed by atoms with E-state index in [-0.39, 0.29) is 18.5 Å². The van der Waals surface area contributed by atoms with Gasteiger partial charge in [0.05, 0.1) is 13.2 Å². The molecule has 1 unspecified atom stereocenters. The van der Waals surface area contributed by atoms with E-state index in [1.165, 1.54) is 5.56 Å². The Labute approximate surface area is 138 Å². The Bertz CT molecular complexity index is 536. The molecule has 5 nitrogen and oxygen atoms in total.